The van der Waals surface area contributed by atoms with Gasteiger partial charge in [0, 0.05) is 6.21 Å². The first-order valence-corrected chi connectivity index (χ1v) is 14.3. The van der Waals surface area contributed by atoms with Crippen molar-refractivity contribution in [2.24, 2.45) is 16.8 Å². The maximum absolute atomic E-state index is 11.8. The second-order valence-corrected chi connectivity index (χ2v) is 11.2. The van der Waals surface area contributed by atoms with Gasteiger partial charge >= 0.3 is 5.97 Å². The monoisotopic (exact) mass is 493 g/mol. The first-order chi connectivity index (χ1) is 16.8. The SMILES string of the molecule is CCCCCCC[C@H](O)CCCCCC[C@H](C(=O)O)[C@H](O)CC[C@]1(O)CC[C@@H](CC2=CCN=C2)C1. The molecule has 6 nitrogen and oxygen atoms in total. The van der Waals surface area contributed by atoms with E-state index in [1.165, 1.54) is 31.3 Å². The van der Waals surface area contributed by atoms with Crippen molar-refractivity contribution in [1.29, 1.82) is 0 Å². The molecule has 1 heterocycles. The first-order valence-electron chi connectivity index (χ1n) is 14.3. The number of unbranched alkanes of at least 4 members (excludes halogenated alkanes) is 7. The average molecular weight is 494 g/mol. The third-order valence-electron chi connectivity index (χ3n) is 8.06. The lowest BCUT2D eigenvalue weighted by Crippen LogP contribution is -2.32. The minimum Gasteiger partial charge on any atom is -0.481 e. The molecule has 35 heavy (non-hydrogen) atoms. The number of rotatable bonds is 20. The number of aliphatic imine (C=N–C) groups is 1. The van der Waals surface area contributed by atoms with Crippen LogP contribution >= 0.6 is 0 Å². The molecule has 6 heteroatoms. The molecule has 5 atom stereocenters. The molecule has 1 aliphatic carbocycles. The van der Waals surface area contributed by atoms with E-state index in [1.807, 2.05) is 6.21 Å². The van der Waals surface area contributed by atoms with Crippen LogP contribution in [0.4, 0.5) is 0 Å². The molecule has 0 unspecified atom stereocenters. The van der Waals surface area contributed by atoms with Crippen molar-refractivity contribution in [3.05, 3.63) is 11.6 Å². The summed E-state index contributed by atoms with van der Waals surface area (Å²) in [6.45, 7) is 2.96. The number of aliphatic carboxylic acids is 1. The molecule has 1 fully saturated rings. The van der Waals surface area contributed by atoms with Crippen LogP contribution in [0.2, 0.25) is 0 Å². The van der Waals surface area contributed by atoms with E-state index in [0.717, 1.165) is 70.8 Å². The first kappa shape index (κ1) is 30.0. The van der Waals surface area contributed by atoms with Crippen molar-refractivity contribution < 1.29 is 25.2 Å². The van der Waals surface area contributed by atoms with Crippen LogP contribution in [0.1, 0.15) is 122 Å². The molecule has 2 rings (SSSR count). The fourth-order valence-electron chi connectivity index (χ4n) is 5.80. The van der Waals surface area contributed by atoms with Crippen LogP contribution in [0, 0.1) is 11.8 Å². The number of aliphatic hydroxyl groups excluding tert-OH is 2. The van der Waals surface area contributed by atoms with E-state index in [9.17, 15) is 25.2 Å². The van der Waals surface area contributed by atoms with Gasteiger partial charge in [0.1, 0.15) is 0 Å². The van der Waals surface area contributed by atoms with Crippen molar-refractivity contribution in [2.45, 2.75) is 140 Å². The van der Waals surface area contributed by atoms with Crippen LogP contribution in [0.25, 0.3) is 0 Å². The number of carboxylic acid groups (broad SMARTS) is 1. The highest BCUT2D eigenvalue weighted by molar-refractivity contribution is 5.80. The molecule has 0 saturated heterocycles. The Balaban J connectivity index is 1.58. The predicted octanol–water partition coefficient (Wildman–Crippen LogP) is 5.82. The summed E-state index contributed by atoms with van der Waals surface area (Å²) in [5.74, 6) is -1.29. The fourth-order valence-corrected chi connectivity index (χ4v) is 5.80. The topological polar surface area (TPSA) is 110 Å². The minimum atomic E-state index is -0.945. The zero-order valence-corrected chi connectivity index (χ0v) is 22.0. The second-order valence-electron chi connectivity index (χ2n) is 11.2. The van der Waals surface area contributed by atoms with Gasteiger partial charge in [-0.05, 0) is 69.3 Å². The third kappa shape index (κ3) is 12.0. The highest BCUT2D eigenvalue weighted by Gasteiger charge is 2.38. The molecule has 0 aromatic heterocycles. The Kier molecular flexibility index (Phi) is 14.1. The maximum Gasteiger partial charge on any atom is 0.309 e. The van der Waals surface area contributed by atoms with Crippen LogP contribution < -0.4 is 0 Å². The Morgan fingerprint density at radius 2 is 1.69 bits per heavy atom. The van der Waals surface area contributed by atoms with Crippen LogP contribution in [0.15, 0.2) is 16.6 Å². The van der Waals surface area contributed by atoms with Crippen molar-refractivity contribution >= 4 is 12.2 Å². The lowest BCUT2D eigenvalue weighted by atomic mass is 9.86. The number of hydrogen-bond donors (Lipinski definition) is 4. The quantitative estimate of drug-likeness (QED) is 0.160. The van der Waals surface area contributed by atoms with E-state index in [2.05, 4.69) is 18.0 Å². The van der Waals surface area contributed by atoms with E-state index in [4.69, 9.17) is 0 Å². The summed E-state index contributed by atoms with van der Waals surface area (Å²) in [7, 11) is 0. The van der Waals surface area contributed by atoms with E-state index in [1.54, 1.807) is 0 Å². The van der Waals surface area contributed by atoms with Crippen LogP contribution in [-0.2, 0) is 4.79 Å². The van der Waals surface area contributed by atoms with Gasteiger partial charge in [-0.1, -0.05) is 70.8 Å². The molecule has 0 bridgehead atoms. The van der Waals surface area contributed by atoms with E-state index in [0.29, 0.717) is 31.6 Å². The van der Waals surface area contributed by atoms with Gasteiger partial charge in [-0.2, -0.15) is 0 Å². The summed E-state index contributed by atoms with van der Waals surface area (Å²) in [5.41, 5.74) is 0.462. The summed E-state index contributed by atoms with van der Waals surface area (Å²) in [6.07, 6.45) is 18.9. The Morgan fingerprint density at radius 3 is 2.29 bits per heavy atom. The molecular formula is C29H51NO5. The second kappa shape index (κ2) is 16.5. The molecule has 4 N–H and O–H groups in total. The standard InChI is InChI=1S/C29H51NO5/c1-2-3-4-5-8-11-25(31)12-9-6-7-10-13-26(28(33)34)27(32)15-18-29(35)17-14-23(21-29)20-24-16-19-30-22-24/h16,22-23,25-27,31-32,35H,2-15,17-21H2,1H3,(H,33,34)/t23-,25-,26-,27+,29+/m0/s1. The largest absolute Gasteiger partial charge is 0.481 e. The Bertz CT molecular complexity index is 663. The molecule has 0 amide bonds. The Hall–Kier alpha value is -1.24. The van der Waals surface area contributed by atoms with Gasteiger partial charge in [0.05, 0.1) is 30.3 Å². The van der Waals surface area contributed by atoms with Gasteiger partial charge in [0.25, 0.3) is 0 Å². The van der Waals surface area contributed by atoms with Gasteiger partial charge in [-0.15, -0.1) is 0 Å². The summed E-state index contributed by atoms with van der Waals surface area (Å²) >= 11 is 0. The summed E-state index contributed by atoms with van der Waals surface area (Å²) in [6, 6.07) is 0. The van der Waals surface area contributed by atoms with Crippen molar-refractivity contribution in [3.63, 3.8) is 0 Å². The maximum atomic E-state index is 11.8. The summed E-state index contributed by atoms with van der Waals surface area (Å²) in [4.78, 5) is 16.0. The van der Waals surface area contributed by atoms with E-state index < -0.39 is 23.6 Å². The number of allylic oxidation sites excluding steroid dienone is 1. The molecule has 2 aliphatic rings. The number of hydrogen-bond acceptors (Lipinski definition) is 5. The van der Waals surface area contributed by atoms with Crippen LogP contribution in [-0.4, -0.2) is 57.0 Å². The van der Waals surface area contributed by atoms with Crippen molar-refractivity contribution in [3.8, 4) is 0 Å². The molecule has 0 aromatic rings. The smallest absolute Gasteiger partial charge is 0.309 e. The highest BCUT2D eigenvalue weighted by Crippen LogP contribution is 2.41. The van der Waals surface area contributed by atoms with Gasteiger partial charge in [-0.25, -0.2) is 0 Å². The number of nitrogens with zero attached hydrogens (tertiary/aromatic N) is 1. The van der Waals surface area contributed by atoms with E-state index >= 15 is 0 Å². The lowest BCUT2D eigenvalue weighted by molar-refractivity contribution is -0.146. The van der Waals surface area contributed by atoms with Gasteiger partial charge in [-0.3, -0.25) is 9.79 Å². The lowest BCUT2D eigenvalue weighted by Gasteiger charge is -2.26. The van der Waals surface area contributed by atoms with E-state index in [-0.39, 0.29) is 6.10 Å². The molecule has 0 spiro atoms. The molecule has 202 valence electrons. The minimum absolute atomic E-state index is 0.214. The zero-order chi connectivity index (χ0) is 25.5. The van der Waals surface area contributed by atoms with Crippen molar-refractivity contribution in [2.75, 3.05) is 6.54 Å². The van der Waals surface area contributed by atoms with Crippen LogP contribution in [0.3, 0.4) is 0 Å². The molecule has 1 aliphatic heterocycles. The molecular weight excluding hydrogens is 442 g/mol. The average Bonchev–Trinajstić information content (AvgIpc) is 3.47. The number of carboxylic acids is 1. The normalized spacial score (nSPS) is 24.5. The predicted molar refractivity (Wildman–Crippen MR) is 142 cm³/mol. The van der Waals surface area contributed by atoms with Crippen LogP contribution in [0.5, 0.6) is 0 Å². The number of carbonyl (C=O) groups is 1. The fraction of sp³-hybridized carbons (Fsp3) is 0.862. The number of aliphatic hydroxyl groups is 3. The Morgan fingerprint density at radius 1 is 1.03 bits per heavy atom. The van der Waals surface area contributed by atoms with Gasteiger partial charge in [0.2, 0.25) is 0 Å². The highest BCUT2D eigenvalue weighted by atomic mass is 16.4. The third-order valence-corrected chi connectivity index (χ3v) is 8.06. The Labute approximate surface area is 212 Å². The van der Waals surface area contributed by atoms with Gasteiger partial charge < -0.3 is 20.4 Å². The van der Waals surface area contributed by atoms with Crippen molar-refractivity contribution in [1.82, 2.24) is 0 Å². The summed E-state index contributed by atoms with van der Waals surface area (Å²) < 4.78 is 0. The van der Waals surface area contributed by atoms with Gasteiger partial charge in [0.15, 0.2) is 0 Å². The molecule has 0 radical (unpaired) electrons. The molecule has 1 saturated carbocycles. The molecule has 0 aromatic carbocycles. The summed E-state index contributed by atoms with van der Waals surface area (Å²) in [5, 5.41) is 41.3. The zero-order valence-electron chi connectivity index (χ0n) is 22.0.